The van der Waals surface area contributed by atoms with Gasteiger partial charge in [-0.25, -0.2) is 0 Å². The smallest absolute Gasteiger partial charge is 0.236 e. The van der Waals surface area contributed by atoms with Crippen LogP contribution in [0.5, 0.6) is 0 Å². The highest BCUT2D eigenvalue weighted by Gasteiger charge is 2.30. The van der Waals surface area contributed by atoms with Gasteiger partial charge in [-0.15, -0.1) is 10.2 Å². The molecule has 1 amide bonds. The second-order valence-electron chi connectivity index (χ2n) is 8.76. The molecule has 2 saturated heterocycles. The fourth-order valence-corrected chi connectivity index (χ4v) is 5.75. The van der Waals surface area contributed by atoms with Crippen molar-refractivity contribution in [3.8, 4) is 5.69 Å². The Morgan fingerprint density at radius 3 is 2.55 bits per heavy atom. The van der Waals surface area contributed by atoms with Crippen LogP contribution in [-0.2, 0) is 11.3 Å². The highest BCUT2D eigenvalue weighted by molar-refractivity contribution is 8.00. The molecule has 4 rings (SSSR count). The Hall–Kier alpha value is -1.86. The Labute approximate surface area is 190 Å². The summed E-state index contributed by atoms with van der Waals surface area (Å²) in [6.07, 6.45) is 8.31. The number of para-hydroxylation sites is 1. The van der Waals surface area contributed by atoms with Crippen molar-refractivity contribution >= 4 is 17.7 Å². The van der Waals surface area contributed by atoms with Gasteiger partial charge in [0.15, 0.2) is 11.0 Å². The van der Waals surface area contributed by atoms with Gasteiger partial charge in [-0.1, -0.05) is 43.3 Å². The molecular weight excluding hydrogens is 406 g/mol. The van der Waals surface area contributed by atoms with E-state index in [0.29, 0.717) is 6.04 Å². The van der Waals surface area contributed by atoms with Gasteiger partial charge in [-0.3, -0.25) is 14.3 Å². The van der Waals surface area contributed by atoms with Crippen LogP contribution in [0.2, 0.25) is 0 Å². The number of hydrogen-bond acceptors (Lipinski definition) is 5. The molecule has 6 nitrogen and oxygen atoms in total. The highest BCUT2D eigenvalue weighted by atomic mass is 32.2. The molecule has 0 saturated carbocycles. The molecule has 2 unspecified atom stereocenters. The molecule has 0 bridgehead atoms. The number of thioether (sulfide) groups is 1. The predicted octanol–water partition coefficient (Wildman–Crippen LogP) is 4.52. The van der Waals surface area contributed by atoms with E-state index < -0.39 is 0 Å². The molecule has 2 fully saturated rings. The van der Waals surface area contributed by atoms with E-state index in [1.54, 1.807) is 11.8 Å². The average molecular weight is 442 g/mol. The van der Waals surface area contributed by atoms with Gasteiger partial charge in [0.1, 0.15) is 0 Å². The first kappa shape index (κ1) is 22.3. The summed E-state index contributed by atoms with van der Waals surface area (Å²) in [5.74, 6) is 1.19. The van der Waals surface area contributed by atoms with Crippen molar-refractivity contribution in [3.63, 3.8) is 0 Å². The number of piperidine rings is 2. The molecule has 0 N–H and O–H groups in total. The van der Waals surface area contributed by atoms with E-state index in [4.69, 9.17) is 0 Å². The first-order chi connectivity index (χ1) is 15.2. The highest BCUT2D eigenvalue weighted by Crippen LogP contribution is 2.29. The molecule has 3 heterocycles. The minimum absolute atomic E-state index is 0.179. The average Bonchev–Trinajstić information content (AvgIpc) is 3.21. The Balaban J connectivity index is 1.55. The maximum absolute atomic E-state index is 13.3. The number of carbonyl (C=O) groups excluding carboxylic acids is 1. The van der Waals surface area contributed by atoms with Crippen molar-refractivity contribution in [2.45, 2.75) is 81.8 Å². The van der Waals surface area contributed by atoms with Crippen LogP contribution in [0, 0.1) is 0 Å². The summed E-state index contributed by atoms with van der Waals surface area (Å²) < 4.78 is 2.15. The summed E-state index contributed by atoms with van der Waals surface area (Å²) in [6, 6.07) is 10.7. The second-order valence-corrected chi connectivity index (χ2v) is 10.1. The normalized spacial score (nSPS) is 21.2. The molecule has 2 aromatic rings. The number of amides is 1. The van der Waals surface area contributed by atoms with Crippen molar-refractivity contribution < 1.29 is 4.79 Å². The van der Waals surface area contributed by atoms with Gasteiger partial charge >= 0.3 is 0 Å². The van der Waals surface area contributed by atoms with Gasteiger partial charge in [-0.05, 0) is 70.7 Å². The van der Waals surface area contributed by atoms with E-state index in [0.717, 1.165) is 62.1 Å². The van der Waals surface area contributed by atoms with Crippen molar-refractivity contribution in [1.82, 2.24) is 24.6 Å². The van der Waals surface area contributed by atoms with Crippen molar-refractivity contribution in [3.05, 3.63) is 36.2 Å². The Kier molecular flexibility index (Phi) is 7.67. The van der Waals surface area contributed by atoms with Gasteiger partial charge in [0.2, 0.25) is 5.91 Å². The number of likely N-dealkylation sites (tertiary alicyclic amines) is 2. The maximum atomic E-state index is 13.3. The number of rotatable bonds is 7. The summed E-state index contributed by atoms with van der Waals surface area (Å²) in [5, 5.41) is 9.74. The van der Waals surface area contributed by atoms with Gasteiger partial charge in [-0.2, -0.15) is 0 Å². The van der Waals surface area contributed by atoms with Crippen LogP contribution in [0.1, 0.15) is 64.6 Å². The molecule has 2 aliphatic heterocycles. The Bertz CT molecular complexity index is 849. The van der Waals surface area contributed by atoms with Crippen LogP contribution in [0.15, 0.2) is 35.5 Å². The van der Waals surface area contributed by atoms with E-state index >= 15 is 0 Å². The third-order valence-electron chi connectivity index (χ3n) is 6.54. The zero-order valence-electron chi connectivity index (χ0n) is 18.9. The molecule has 168 valence electrons. The van der Waals surface area contributed by atoms with Crippen molar-refractivity contribution in [2.24, 2.45) is 0 Å². The first-order valence-electron chi connectivity index (χ1n) is 11.9. The van der Waals surface area contributed by atoms with Crippen LogP contribution in [-0.4, -0.2) is 61.4 Å². The number of hydrogen-bond donors (Lipinski definition) is 0. The molecule has 0 radical (unpaired) electrons. The summed E-state index contributed by atoms with van der Waals surface area (Å²) in [4.78, 5) is 17.9. The third-order valence-corrected chi connectivity index (χ3v) is 7.57. The number of carbonyl (C=O) groups is 1. The number of aromatic nitrogens is 3. The summed E-state index contributed by atoms with van der Waals surface area (Å²) in [7, 11) is 0. The molecule has 2 atom stereocenters. The van der Waals surface area contributed by atoms with Crippen LogP contribution in [0.4, 0.5) is 0 Å². The van der Waals surface area contributed by atoms with Crippen molar-refractivity contribution in [1.29, 1.82) is 0 Å². The lowest BCUT2D eigenvalue weighted by atomic mass is 10.00. The summed E-state index contributed by atoms with van der Waals surface area (Å²) in [6.45, 7) is 8.12. The predicted molar refractivity (Wildman–Crippen MR) is 125 cm³/mol. The van der Waals surface area contributed by atoms with Crippen LogP contribution >= 0.6 is 11.8 Å². The molecule has 7 heteroatoms. The molecule has 31 heavy (non-hydrogen) atoms. The minimum Gasteiger partial charge on any atom is -0.339 e. The molecule has 0 aliphatic carbocycles. The van der Waals surface area contributed by atoms with E-state index in [-0.39, 0.29) is 11.2 Å². The topological polar surface area (TPSA) is 54.3 Å². The maximum Gasteiger partial charge on any atom is 0.236 e. The van der Waals surface area contributed by atoms with Crippen LogP contribution in [0.25, 0.3) is 5.69 Å². The standard InChI is InChI=1S/C24H35N5OS/c1-3-20-12-8-11-17-28(20)23(30)19(2)31-24-26-25-22(18-27-15-9-5-10-16-27)29(24)21-13-6-4-7-14-21/h4,6-7,13-14,19-20H,3,5,8-12,15-18H2,1-2H3. The van der Waals surface area contributed by atoms with Gasteiger partial charge in [0.25, 0.3) is 0 Å². The lowest BCUT2D eigenvalue weighted by molar-refractivity contribution is -0.134. The van der Waals surface area contributed by atoms with Gasteiger partial charge < -0.3 is 4.90 Å². The third kappa shape index (κ3) is 5.32. The lowest BCUT2D eigenvalue weighted by Crippen LogP contribution is -2.46. The van der Waals surface area contributed by atoms with Gasteiger partial charge in [0.05, 0.1) is 11.8 Å². The van der Waals surface area contributed by atoms with Crippen LogP contribution in [0.3, 0.4) is 0 Å². The van der Waals surface area contributed by atoms with Gasteiger partial charge in [0, 0.05) is 18.3 Å². The van der Waals surface area contributed by atoms with E-state index in [9.17, 15) is 4.79 Å². The van der Waals surface area contributed by atoms with Crippen molar-refractivity contribution in [2.75, 3.05) is 19.6 Å². The fraction of sp³-hybridized carbons (Fsp3) is 0.625. The lowest BCUT2D eigenvalue weighted by Gasteiger charge is -2.36. The zero-order chi connectivity index (χ0) is 21.6. The Morgan fingerprint density at radius 2 is 1.81 bits per heavy atom. The summed E-state index contributed by atoms with van der Waals surface area (Å²) >= 11 is 1.54. The minimum atomic E-state index is -0.179. The molecular formula is C24H35N5OS. The van der Waals surface area contributed by atoms with E-state index in [2.05, 4.69) is 43.6 Å². The fourth-order valence-electron chi connectivity index (χ4n) is 4.79. The molecule has 0 spiro atoms. The zero-order valence-corrected chi connectivity index (χ0v) is 19.7. The van der Waals surface area contributed by atoms with Crippen LogP contribution < -0.4 is 0 Å². The Morgan fingerprint density at radius 1 is 1.06 bits per heavy atom. The largest absolute Gasteiger partial charge is 0.339 e. The molecule has 2 aliphatic rings. The monoisotopic (exact) mass is 441 g/mol. The SMILES string of the molecule is CCC1CCCCN1C(=O)C(C)Sc1nnc(CN2CCCCC2)n1-c1ccccc1. The molecule has 1 aromatic heterocycles. The summed E-state index contributed by atoms with van der Waals surface area (Å²) in [5.41, 5.74) is 1.06. The number of benzene rings is 1. The number of nitrogens with zero attached hydrogens (tertiary/aromatic N) is 5. The van der Waals surface area contributed by atoms with E-state index in [1.807, 2.05) is 25.1 Å². The van der Waals surface area contributed by atoms with E-state index in [1.165, 1.54) is 25.7 Å². The molecule has 1 aromatic carbocycles. The second kappa shape index (κ2) is 10.6. The first-order valence-corrected chi connectivity index (χ1v) is 12.7. The quantitative estimate of drug-likeness (QED) is 0.591.